The van der Waals surface area contributed by atoms with Crippen LogP contribution in [0.25, 0.3) is 6.08 Å². The number of ether oxygens (including phenoxy) is 1. The lowest BCUT2D eigenvalue weighted by Gasteiger charge is -2.15. The van der Waals surface area contributed by atoms with Crippen LogP contribution in [0.4, 0.5) is 0 Å². The standard InChI is InChI=1S/C21H17N3O3/c1-14-3-2-4-15(11-14)12-19-20(26)16-5-6-18(25)17(21(16)27-19)13-24(9-7-22)10-8-23/h2-6,11-12,25H,9-10,13H2,1H3/p+1/b19-12+. The summed E-state index contributed by atoms with van der Waals surface area (Å²) in [5.41, 5.74) is 2.71. The number of ketones is 1. The Morgan fingerprint density at radius 2 is 1.93 bits per heavy atom. The summed E-state index contributed by atoms with van der Waals surface area (Å²) in [7, 11) is 0. The Labute approximate surface area is 157 Å². The molecule has 27 heavy (non-hydrogen) atoms. The second kappa shape index (κ2) is 7.74. The van der Waals surface area contributed by atoms with Gasteiger partial charge < -0.3 is 14.7 Å². The van der Waals surface area contributed by atoms with Crippen molar-refractivity contribution >= 4 is 11.9 Å². The molecule has 6 heteroatoms. The number of carbonyl (C=O) groups is 1. The number of hydrogen-bond acceptors (Lipinski definition) is 5. The third-order valence-electron chi connectivity index (χ3n) is 4.34. The normalized spacial score (nSPS) is 13.9. The largest absolute Gasteiger partial charge is 0.507 e. The molecule has 2 N–H and O–H groups in total. The average molecular weight is 360 g/mol. The minimum absolute atomic E-state index is 0.0215. The van der Waals surface area contributed by atoms with Gasteiger partial charge in [0.15, 0.2) is 24.6 Å². The molecule has 0 amide bonds. The number of quaternary nitrogens is 1. The Kier molecular flexibility index (Phi) is 5.21. The second-order valence-corrected chi connectivity index (χ2v) is 6.39. The minimum Gasteiger partial charge on any atom is -0.507 e. The van der Waals surface area contributed by atoms with E-state index in [0.717, 1.165) is 11.1 Å². The van der Waals surface area contributed by atoms with E-state index in [1.54, 1.807) is 6.08 Å². The highest BCUT2D eigenvalue weighted by Gasteiger charge is 2.32. The first kappa shape index (κ1) is 18.2. The maximum absolute atomic E-state index is 12.7. The first-order chi connectivity index (χ1) is 13.0. The van der Waals surface area contributed by atoms with E-state index >= 15 is 0 Å². The molecule has 0 saturated carbocycles. The van der Waals surface area contributed by atoms with Crippen molar-refractivity contribution < 1.29 is 19.5 Å². The third kappa shape index (κ3) is 3.82. The van der Waals surface area contributed by atoms with Crippen LogP contribution in [0.5, 0.6) is 11.5 Å². The lowest BCUT2D eigenvalue weighted by molar-refractivity contribution is -0.899. The van der Waals surface area contributed by atoms with Crippen molar-refractivity contribution in [3.8, 4) is 23.6 Å². The van der Waals surface area contributed by atoms with Crippen molar-refractivity contribution in [2.75, 3.05) is 13.1 Å². The maximum atomic E-state index is 12.7. The molecule has 0 saturated heterocycles. The number of aromatic hydroxyl groups is 1. The van der Waals surface area contributed by atoms with E-state index in [1.165, 1.54) is 12.1 Å². The molecule has 3 rings (SSSR count). The monoisotopic (exact) mass is 360 g/mol. The van der Waals surface area contributed by atoms with E-state index in [0.29, 0.717) is 21.8 Å². The molecule has 0 aromatic heterocycles. The topological polar surface area (TPSA) is 98.5 Å². The predicted octanol–water partition coefficient (Wildman–Crippen LogP) is 1.75. The zero-order chi connectivity index (χ0) is 19.4. The Hall–Kier alpha value is -3.61. The van der Waals surface area contributed by atoms with Crippen LogP contribution in [0.3, 0.4) is 0 Å². The van der Waals surface area contributed by atoms with Crippen LogP contribution in [0.2, 0.25) is 0 Å². The van der Waals surface area contributed by atoms with Crippen LogP contribution >= 0.6 is 0 Å². The number of carbonyl (C=O) groups excluding carboxylic acids is 1. The molecule has 0 spiro atoms. The third-order valence-corrected chi connectivity index (χ3v) is 4.34. The van der Waals surface area contributed by atoms with Crippen LogP contribution in [0, 0.1) is 29.6 Å². The number of phenolic OH excluding ortho intramolecular Hbond substituents is 1. The van der Waals surface area contributed by atoms with Gasteiger partial charge in [0.2, 0.25) is 5.78 Å². The molecule has 2 aromatic rings. The summed E-state index contributed by atoms with van der Waals surface area (Å²) in [6.45, 7) is 2.39. The number of nitrogens with one attached hydrogen (secondary N) is 1. The molecular weight excluding hydrogens is 342 g/mol. The predicted molar refractivity (Wildman–Crippen MR) is 97.8 cm³/mol. The number of nitrogens with zero attached hydrogens (tertiary/aromatic N) is 2. The Morgan fingerprint density at radius 3 is 2.59 bits per heavy atom. The van der Waals surface area contributed by atoms with Gasteiger partial charge in [0.1, 0.15) is 24.4 Å². The zero-order valence-corrected chi connectivity index (χ0v) is 14.8. The summed E-state index contributed by atoms with van der Waals surface area (Å²) in [5.74, 6) is 0.207. The summed E-state index contributed by atoms with van der Waals surface area (Å²) in [4.78, 5) is 13.4. The van der Waals surface area contributed by atoms with Gasteiger partial charge >= 0.3 is 0 Å². The van der Waals surface area contributed by atoms with Crippen molar-refractivity contribution in [3.05, 3.63) is 64.4 Å². The highest BCUT2D eigenvalue weighted by atomic mass is 16.5. The van der Waals surface area contributed by atoms with Gasteiger partial charge in [0.05, 0.1) is 11.1 Å². The van der Waals surface area contributed by atoms with Crippen LogP contribution in [-0.4, -0.2) is 24.0 Å². The number of aryl methyl sites for hydroxylation is 1. The number of phenols is 1. The van der Waals surface area contributed by atoms with Gasteiger partial charge in [-0.05, 0) is 30.7 Å². The van der Waals surface area contributed by atoms with Crippen molar-refractivity contribution in [1.29, 1.82) is 10.5 Å². The van der Waals surface area contributed by atoms with Gasteiger partial charge in [-0.25, -0.2) is 0 Å². The second-order valence-electron chi connectivity index (χ2n) is 6.39. The zero-order valence-electron chi connectivity index (χ0n) is 14.8. The molecule has 6 nitrogen and oxygen atoms in total. The first-order valence-corrected chi connectivity index (χ1v) is 8.46. The van der Waals surface area contributed by atoms with Crippen LogP contribution in [-0.2, 0) is 6.54 Å². The van der Waals surface area contributed by atoms with Crippen molar-refractivity contribution in [2.45, 2.75) is 13.5 Å². The fraction of sp³-hybridized carbons (Fsp3) is 0.190. The van der Waals surface area contributed by atoms with Crippen molar-refractivity contribution in [2.24, 2.45) is 0 Å². The van der Waals surface area contributed by atoms with E-state index in [9.17, 15) is 9.90 Å². The van der Waals surface area contributed by atoms with E-state index in [4.69, 9.17) is 15.3 Å². The van der Waals surface area contributed by atoms with E-state index in [1.807, 2.05) is 43.3 Å². The van der Waals surface area contributed by atoms with Gasteiger partial charge in [-0.1, -0.05) is 29.8 Å². The molecule has 0 fully saturated rings. The molecule has 2 aromatic carbocycles. The van der Waals surface area contributed by atoms with Gasteiger partial charge in [-0.3, -0.25) is 4.79 Å². The molecule has 1 aliphatic heterocycles. The molecule has 134 valence electrons. The molecule has 1 aliphatic rings. The Balaban J connectivity index is 1.96. The highest BCUT2D eigenvalue weighted by Crippen LogP contribution is 2.39. The molecule has 0 atom stereocenters. The number of nitriles is 2. The maximum Gasteiger partial charge on any atom is 0.231 e. The molecule has 1 heterocycles. The Morgan fingerprint density at radius 1 is 1.19 bits per heavy atom. The van der Waals surface area contributed by atoms with E-state index in [-0.39, 0.29) is 36.9 Å². The number of fused-ring (bicyclic) bond motifs is 1. The molecule has 0 bridgehead atoms. The fourth-order valence-electron chi connectivity index (χ4n) is 3.04. The first-order valence-electron chi connectivity index (χ1n) is 8.46. The highest BCUT2D eigenvalue weighted by molar-refractivity contribution is 6.15. The number of benzene rings is 2. The van der Waals surface area contributed by atoms with Crippen molar-refractivity contribution in [1.82, 2.24) is 0 Å². The molecule has 0 unspecified atom stereocenters. The number of rotatable bonds is 5. The summed E-state index contributed by atoms with van der Waals surface area (Å²) in [5, 5.41) is 28.1. The lowest BCUT2D eigenvalue weighted by Crippen LogP contribution is -3.10. The molecule has 0 aliphatic carbocycles. The number of hydrogen-bond donors (Lipinski definition) is 2. The Bertz CT molecular complexity index is 996. The van der Waals surface area contributed by atoms with Gasteiger partial charge in [0.25, 0.3) is 0 Å². The average Bonchev–Trinajstić information content (AvgIpc) is 2.94. The van der Waals surface area contributed by atoms with Gasteiger partial charge in [-0.2, -0.15) is 10.5 Å². The molecule has 0 radical (unpaired) electrons. The summed E-state index contributed by atoms with van der Waals surface area (Å²) in [6, 6.07) is 14.7. The van der Waals surface area contributed by atoms with Crippen LogP contribution in [0.15, 0.2) is 42.2 Å². The van der Waals surface area contributed by atoms with Gasteiger partial charge in [0, 0.05) is 0 Å². The summed E-state index contributed by atoms with van der Waals surface area (Å²) in [6.07, 6.45) is 1.67. The lowest BCUT2D eigenvalue weighted by atomic mass is 10.0. The van der Waals surface area contributed by atoms with E-state index in [2.05, 4.69) is 0 Å². The molecular formula is C21H18N3O3+. The quantitative estimate of drug-likeness (QED) is 0.625. The summed E-state index contributed by atoms with van der Waals surface area (Å²) >= 11 is 0. The van der Waals surface area contributed by atoms with Gasteiger partial charge in [-0.15, -0.1) is 0 Å². The van der Waals surface area contributed by atoms with E-state index < -0.39 is 0 Å². The van der Waals surface area contributed by atoms with Crippen LogP contribution < -0.4 is 9.64 Å². The minimum atomic E-state index is -0.255. The van der Waals surface area contributed by atoms with Crippen LogP contribution in [0.1, 0.15) is 27.0 Å². The van der Waals surface area contributed by atoms with Crippen molar-refractivity contribution in [3.63, 3.8) is 0 Å². The summed E-state index contributed by atoms with van der Waals surface area (Å²) < 4.78 is 5.80. The SMILES string of the molecule is Cc1cccc(/C=C2/Oc3c(ccc(O)c3C[NH+](CC#N)CC#N)C2=O)c1. The number of allylic oxidation sites excluding steroid dienone is 1. The smallest absolute Gasteiger partial charge is 0.231 e. The number of Topliss-reactive ketones (excluding diaryl/α,β-unsaturated/α-hetero) is 1. The fourth-order valence-corrected chi connectivity index (χ4v) is 3.04.